The molecule has 5 nitrogen and oxygen atoms in total. The average Bonchev–Trinajstić information content (AvgIpc) is 2.28. The quantitative estimate of drug-likeness (QED) is 0.492. The summed E-state index contributed by atoms with van der Waals surface area (Å²) >= 11 is 11.2. The molecule has 0 bridgehead atoms. The third kappa shape index (κ3) is 3.29. The lowest BCUT2D eigenvalue weighted by Gasteiger charge is -2.18. The molecule has 1 aromatic carbocycles. The van der Waals surface area contributed by atoms with E-state index < -0.39 is 17.1 Å². The van der Waals surface area contributed by atoms with Crippen molar-refractivity contribution in [2.24, 2.45) is 0 Å². The van der Waals surface area contributed by atoms with Crippen LogP contribution in [0.3, 0.4) is 0 Å². The molecule has 0 saturated carbocycles. The fourth-order valence-electron chi connectivity index (χ4n) is 1.44. The SMILES string of the molecule is O=[N+]([O-])c1cccc(Cl)c1C(O)C(O)CCCl. The summed E-state index contributed by atoms with van der Waals surface area (Å²) in [6, 6.07) is 4.04. The first-order chi connectivity index (χ1) is 7.99. The van der Waals surface area contributed by atoms with Crippen LogP contribution in [0.2, 0.25) is 5.02 Å². The molecular formula is C10H11Cl2NO4. The molecule has 7 heteroatoms. The normalized spacial score (nSPS) is 14.4. The van der Waals surface area contributed by atoms with Crippen molar-refractivity contribution in [3.63, 3.8) is 0 Å². The van der Waals surface area contributed by atoms with Crippen LogP contribution in [-0.4, -0.2) is 27.1 Å². The molecule has 0 aromatic heterocycles. The smallest absolute Gasteiger partial charge is 0.276 e. The maximum absolute atomic E-state index is 10.8. The Morgan fingerprint density at radius 3 is 2.59 bits per heavy atom. The van der Waals surface area contributed by atoms with Crippen LogP contribution < -0.4 is 0 Å². The highest BCUT2D eigenvalue weighted by atomic mass is 35.5. The van der Waals surface area contributed by atoms with Crippen molar-refractivity contribution in [2.75, 3.05) is 5.88 Å². The van der Waals surface area contributed by atoms with Crippen LogP contribution in [0.1, 0.15) is 18.1 Å². The Morgan fingerprint density at radius 2 is 2.06 bits per heavy atom. The zero-order valence-electron chi connectivity index (χ0n) is 8.72. The molecule has 0 aliphatic rings. The molecule has 2 N–H and O–H groups in total. The van der Waals surface area contributed by atoms with Gasteiger partial charge in [-0.1, -0.05) is 17.7 Å². The number of rotatable bonds is 5. The summed E-state index contributed by atoms with van der Waals surface area (Å²) in [6.45, 7) is 0. The molecule has 17 heavy (non-hydrogen) atoms. The largest absolute Gasteiger partial charge is 0.390 e. The van der Waals surface area contributed by atoms with Crippen LogP contribution in [0.5, 0.6) is 0 Å². The van der Waals surface area contributed by atoms with Gasteiger partial charge in [0.15, 0.2) is 0 Å². The van der Waals surface area contributed by atoms with Crippen LogP contribution in [0.4, 0.5) is 5.69 Å². The minimum atomic E-state index is -1.43. The number of nitro benzene ring substituents is 1. The second-order valence-corrected chi connectivity index (χ2v) is 4.20. The van der Waals surface area contributed by atoms with E-state index in [2.05, 4.69) is 0 Å². The molecule has 0 aliphatic carbocycles. The average molecular weight is 280 g/mol. The van der Waals surface area contributed by atoms with E-state index in [1.165, 1.54) is 18.2 Å². The second-order valence-electron chi connectivity index (χ2n) is 3.42. The lowest BCUT2D eigenvalue weighted by atomic mass is 10.0. The van der Waals surface area contributed by atoms with Gasteiger partial charge in [0.2, 0.25) is 0 Å². The topological polar surface area (TPSA) is 83.6 Å². The number of aliphatic hydroxyl groups is 2. The number of nitrogens with zero attached hydrogens (tertiary/aromatic N) is 1. The summed E-state index contributed by atoms with van der Waals surface area (Å²) in [5, 5.41) is 30.2. The van der Waals surface area contributed by atoms with Crippen molar-refractivity contribution < 1.29 is 15.1 Å². The number of aliphatic hydroxyl groups excluding tert-OH is 2. The highest BCUT2D eigenvalue weighted by Crippen LogP contribution is 2.34. The molecule has 1 rings (SSSR count). The Hall–Kier alpha value is -0.880. The van der Waals surface area contributed by atoms with Gasteiger partial charge in [-0.25, -0.2) is 0 Å². The van der Waals surface area contributed by atoms with E-state index in [0.717, 1.165) is 0 Å². The predicted molar refractivity (Wildman–Crippen MR) is 64.4 cm³/mol. The highest BCUT2D eigenvalue weighted by Gasteiger charge is 2.28. The maximum atomic E-state index is 10.8. The Morgan fingerprint density at radius 1 is 1.41 bits per heavy atom. The van der Waals surface area contributed by atoms with Crippen LogP contribution in [0.25, 0.3) is 0 Å². The van der Waals surface area contributed by atoms with E-state index in [1.807, 2.05) is 0 Å². The first-order valence-electron chi connectivity index (χ1n) is 4.84. The van der Waals surface area contributed by atoms with Gasteiger partial charge in [0.1, 0.15) is 6.10 Å². The van der Waals surface area contributed by atoms with E-state index in [0.29, 0.717) is 0 Å². The van der Waals surface area contributed by atoms with Crippen molar-refractivity contribution in [1.29, 1.82) is 0 Å². The number of hydrogen-bond donors (Lipinski definition) is 2. The fourth-order valence-corrected chi connectivity index (χ4v) is 1.94. The van der Waals surface area contributed by atoms with Crippen molar-refractivity contribution >= 4 is 28.9 Å². The number of alkyl halides is 1. The summed E-state index contributed by atoms with van der Waals surface area (Å²) < 4.78 is 0. The predicted octanol–water partition coefficient (Wildman–Crippen LogP) is 2.27. The van der Waals surface area contributed by atoms with Crippen molar-refractivity contribution in [2.45, 2.75) is 18.6 Å². The Balaban J connectivity index is 3.15. The standard InChI is InChI=1S/C10H11Cl2NO4/c11-5-4-8(14)10(15)9-6(12)2-1-3-7(9)13(16)17/h1-3,8,10,14-15H,4-5H2. The van der Waals surface area contributed by atoms with E-state index >= 15 is 0 Å². The van der Waals surface area contributed by atoms with Gasteiger partial charge >= 0.3 is 0 Å². The lowest BCUT2D eigenvalue weighted by molar-refractivity contribution is -0.386. The zero-order chi connectivity index (χ0) is 13.0. The monoisotopic (exact) mass is 279 g/mol. The van der Waals surface area contributed by atoms with E-state index in [4.69, 9.17) is 23.2 Å². The summed E-state index contributed by atoms with van der Waals surface area (Å²) in [4.78, 5) is 10.1. The summed E-state index contributed by atoms with van der Waals surface area (Å²) in [5.74, 6) is 0.135. The number of benzene rings is 1. The van der Waals surface area contributed by atoms with Gasteiger partial charge < -0.3 is 10.2 Å². The van der Waals surface area contributed by atoms with Gasteiger partial charge in [-0.15, -0.1) is 11.6 Å². The number of halogens is 2. The molecular weight excluding hydrogens is 269 g/mol. The third-order valence-electron chi connectivity index (χ3n) is 2.29. The van der Waals surface area contributed by atoms with Crippen molar-refractivity contribution in [3.05, 3.63) is 38.9 Å². The first kappa shape index (κ1) is 14.2. The Bertz CT molecular complexity index is 413. The van der Waals surface area contributed by atoms with Crippen LogP contribution in [-0.2, 0) is 0 Å². The fraction of sp³-hybridized carbons (Fsp3) is 0.400. The Kier molecular flexibility index (Phi) is 5.14. The first-order valence-corrected chi connectivity index (χ1v) is 5.75. The van der Waals surface area contributed by atoms with Crippen LogP contribution >= 0.6 is 23.2 Å². The van der Waals surface area contributed by atoms with Crippen molar-refractivity contribution in [1.82, 2.24) is 0 Å². The summed E-state index contributed by atoms with van der Waals surface area (Å²) in [5.41, 5.74) is -0.407. The molecule has 0 saturated heterocycles. The third-order valence-corrected chi connectivity index (χ3v) is 2.84. The van der Waals surface area contributed by atoms with Gasteiger partial charge in [0.05, 0.1) is 21.6 Å². The van der Waals surface area contributed by atoms with Gasteiger partial charge in [-0.05, 0) is 12.5 Å². The minimum absolute atomic E-state index is 0.0420. The molecule has 2 unspecified atom stereocenters. The molecule has 0 amide bonds. The molecule has 0 aliphatic heterocycles. The van der Waals surface area contributed by atoms with Gasteiger partial charge in [-0.3, -0.25) is 10.1 Å². The molecule has 0 heterocycles. The maximum Gasteiger partial charge on any atom is 0.276 e. The highest BCUT2D eigenvalue weighted by molar-refractivity contribution is 6.31. The second kappa shape index (κ2) is 6.16. The molecule has 0 spiro atoms. The molecule has 1 aromatic rings. The molecule has 0 fully saturated rings. The van der Waals surface area contributed by atoms with Crippen molar-refractivity contribution in [3.8, 4) is 0 Å². The van der Waals surface area contributed by atoms with E-state index in [-0.39, 0.29) is 28.6 Å². The molecule has 2 atom stereocenters. The minimum Gasteiger partial charge on any atom is -0.390 e. The van der Waals surface area contributed by atoms with E-state index in [1.54, 1.807) is 0 Å². The van der Waals surface area contributed by atoms with Crippen LogP contribution in [0, 0.1) is 10.1 Å². The van der Waals surface area contributed by atoms with Gasteiger partial charge in [0, 0.05) is 11.9 Å². The zero-order valence-corrected chi connectivity index (χ0v) is 10.2. The van der Waals surface area contributed by atoms with Gasteiger partial charge in [-0.2, -0.15) is 0 Å². The van der Waals surface area contributed by atoms with Crippen LogP contribution in [0.15, 0.2) is 18.2 Å². The number of nitro groups is 1. The van der Waals surface area contributed by atoms with Gasteiger partial charge in [0.25, 0.3) is 5.69 Å². The molecule has 0 radical (unpaired) electrons. The summed E-state index contributed by atoms with van der Waals surface area (Å²) in [7, 11) is 0. The van der Waals surface area contributed by atoms with E-state index in [9.17, 15) is 20.3 Å². The number of hydrogen-bond acceptors (Lipinski definition) is 4. The molecule has 94 valence electrons. The Labute approximate surface area is 108 Å². The lowest BCUT2D eigenvalue weighted by Crippen LogP contribution is -2.20. The summed E-state index contributed by atoms with van der Waals surface area (Å²) in [6.07, 6.45) is -2.50.